The third-order valence-electron chi connectivity index (χ3n) is 3.48. The monoisotopic (exact) mass is 306 g/mol. The minimum absolute atomic E-state index is 0.151. The van der Waals surface area contributed by atoms with Gasteiger partial charge in [0, 0.05) is 13.1 Å². The van der Waals surface area contributed by atoms with E-state index in [-0.39, 0.29) is 43.7 Å². The number of sulfone groups is 1. The summed E-state index contributed by atoms with van der Waals surface area (Å²) in [6, 6.07) is -0.711. The highest BCUT2D eigenvalue weighted by molar-refractivity contribution is 7.91. The van der Waals surface area contributed by atoms with Gasteiger partial charge in [0.25, 0.3) is 0 Å². The fraction of sp³-hybridized carbons (Fsp3) is 0.818. The van der Waals surface area contributed by atoms with Crippen molar-refractivity contribution in [3.63, 3.8) is 0 Å². The third-order valence-corrected chi connectivity index (χ3v) is 5.18. The van der Waals surface area contributed by atoms with Crippen LogP contribution in [0, 0.1) is 0 Å². The van der Waals surface area contributed by atoms with Crippen LogP contribution in [0.5, 0.6) is 0 Å². The molecule has 0 saturated carbocycles. The molecule has 0 bridgehead atoms. The van der Waals surface area contributed by atoms with Gasteiger partial charge < -0.3 is 14.7 Å². The Labute approximate surface area is 117 Å². The van der Waals surface area contributed by atoms with Crippen molar-refractivity contribution in [2.45, 2.75) is 19.1 Å². The number of amides is 2. The molecule has 0 aliphatic carbocycles. The van der Waals surface area contributed by atoms with E-state index in [4.69, 9.17) is 4.74 Å². The van der Waals surface area contributed by atoms with Crippen LogP contribution < -0.4 is 0 Å². The summed E-state index contributed by atoms with van der Waals surface area (Å²) in [6.45, 7) is 2.23. The van der Waals surface area contributed by atoms with Gasteiger partial charge in [0.05, 0.1) is 30.3 Å². The van der Waals surface area contributed by atoms with E-state index in [0.29, 0.717) is 0 Å². The molecule has 0 spiro atoms. The van der Waals surface area contributed by atoms with E-state index in [0.717, 1.165) is 0 Å². The first kappa shape index (κ1) is 15.0. The number of piperazine rings is 1. The number of hydrogen-bond donors (Lipinski definition) is 1. The van der Waals surface area contributed by atoms with Gasteiger partial charge in [0.15, 0.2) is 9.84 Å². The molecule has 2 rings (SSSR count). The first-order chi connectivity index (χ1) is 9.34. The SMILES string of the molecule is CCOC(=O)N1CCN([C@@H]2CS(=O)(=O)C[C@H]2O)C(=O)C1. The number of carbonyl (C=O) groups is 2. The van der Waals surface area contributed by atoms with E-state index in [1.165, 1.54) is 9.80 Å². The highest BCUT2D eigenvalue weighted by Crippen LogP contribution is 2.20. The predicted molar refractivity (Wildman–Crippen MR) is 68.8 cm³/mol. The fourth-order valence-electron chi connectivity index (χ4n) is 2.52. The number of hydrogen-bond acceptors (Lipinski definition) is 6. The summed E-state index contributed by atoms with van der Waals surface area (Å²) < 4.78 is 27.8. The van der Waals surface area contributed by atoms with E-state index in [1.54, 1.807) is 6.92 Å². The number of rotatable bonds is 2. The summed E-state index contributed by atoms with van der Waals surface area (Å²) in [5.74, 6) is -0.909. The maximum Gasteiger partial charge on any atom is 0.410 e. The van der Waals surface area contributed by atoms with Crippen molar-refractivity contribution in [1.82, 2.24) is 9.80 Å². The van der Waals surface area contributed by atoms with Gasteiger partial charge in [-0.3, -0.25) is 9.69 Å². The molecule has 2 saturated heterocycles. The predicted octanol–water partition coefficient (Wildman–Crippen LogP) is -1.55. The quantitative estimate of drug-likeness (QED) is 0.662. The third kappa shape index (κ3) is 3.04. The number of aliphatic hydroxyl groups excluding tert-OH is 1. The lowest BCUT2D eigenvalue weighted by atomic mass is 10.1. The van der Waals surface area contributed by atoms with Gasteiger partial charge >= 0.3 is 6.09 Å². The Morgan fingerprint density at radius 2 is 2.10 bits per heavy atom. The Morgan fingerprint density at radius 1 is 1.40 bits per heavy atom. The molecule has 9 heteroatoms. The average molecular weight is 306 g/mol. The van der Waals surface area contributed by atoms with E-state index in [9.17, 15) is 23.1 Å². The van der Waals surface area contributed by atoms with Crippen molar-refractivity contribution in [2.75, 3.05) is 37.7 Å². The maximum atomic E-state index is 12.0. The Morgan fingerprint density at radius 3 is 2.60 bits per heavy atom. The normalized spacial score (nSPS) is 29.6. The molecule has 8 nitrogen and oxygen atoms in total. The van der Waals surface area contributed by atoms with Crippen molar-refractivity contribution in [3.8, 4) is 0 Å². The minimum Gasteiger partial charge on any atom is -0.450 e. The van der Waals surface area contributed by atoms with E-state index >= 15 is 0 Å². The number of nitrogens with zero attached hydrogens (tertiary/aromatic N) is 2. The highest BCUT2D eigenvalue weighted by atomic mass is 32.2. The molecular weight excluding hydrogens is 288 g/mol. The van der Waals surface area contributed by atoms with Crippen molar-refractivity contribution in [1.29, 1.82) is 0 Å². The molecule has 0 radical (unpaired) electrons. The molecule has 20 heavy (non-hydrogen) atoms. The summed E-state index contributed by atoms with van der Waals surface area (Å²) in [5.41, 5.74) is 0. The first-order valence-electron chi connectivity index (χ1n) is 6.43. The summed E-state index contributed by atoms with van der Waals surface area (Å²) in [7, 11) is -3.31. The van der Waals surface area contributed by atoms with Gasteiger partial charge in [-0.1, -0.05) is 0 Å². The van der Waals surface area contributed by atoms with Crippen LogP contribution in [-0.2, 0) is 19.4 Å². The number of aliphatic hydroxyl groups is 1. The lowest BCUT2D eigenvalue weighted by Crippen LogP contribution is -2.58. The van der Waals surface area contributed by atoms with E-state index in [2.05, 4.69) is 0 Å². The van der Waals surface area contributed by atoms with E-state index in [1.807, 2.05) is 0 Å². The summed E-state index contributed by atoms with van der Waals surface area (Å²) >= 11 is 0. The van der Waals surface area contributed by atoms with Crippen LogP contribution in [0.25, 0.3) is 0 Å². The van der Waals surface area contributed by atoms with Crippen LogP contribution >= 0.6 is 0 Å². The molecule has 2 amide bonds. The zero-order valence-electron chi connectivity index (χ0n) is 11.2. The molecule has 2 aliphatic heterocycles. The van der Waals surface area contributed by atoms with Gasteiger partial charge in [-0.2, -0.15) is 0 Å². The second-order valence-electron chi connectivity index (χ2n) is 4.92. The van der Waals surface area contributed by atoms with Gasteiger partial charge in [0.1, 0.15) is 6.54 Å². The second kappa shape index (κ2) is 5.57. The molecule has 2 aliphatic rings. The maximum absolute atomic E-state index is 12.0. The van der Waals surface area contributed by atoms with Crippen LogP contribution in [-0.4, -0.2) is 85.2 Å². The Balaban J connectivity index is 2.01. The van der Waals surface area contributed by atoms with Crippen LogP contribution in [0.2, 0.25) is 0 Å². The van der Waals surface area contributed by atoms with Crippen LogP contribution in [0.4, 0.5) is 4.79 Å². The Kier molecular flexibility index (Phi) is 4.19. The zero-order valence-corrected chi connectivity index (χ0v) is 12.0. The molecule has 2 atom stereocenters. The largest absolute Gasteiger partial charge is 0.450 e. The molecule has 0 aromatic heterocycles. The first-order valence-corrected chi connectivity index (χ1v) is 8.26. The molecule has 0 unspecified atom stereocenters. The molecule has 1 N–H and O–H groups in total. The Bertz CT molecular complexity index is 505. The highest BCUT2D eigenvalue weighted by Gasteiger charge is 2.43. The molecule has 2 fully saturated rings. The lowest BCUT2D eigenvalue weighted by Gasteiger charge is -2.37. The Hall–Kier alpha value is -1.35. The van der Waals surface area contributed by atoms with Gasteiger partial charge in [-0.25, -0.2) is 13.2 Å². The van der Waals surface area contributed by atoms with Gasteiger partial charge in [-0.15, -0.1) is 0 Å². The van der Waals surface area contributed by atoms with Crippen LogP contribution in [0.15, 0.2) is 0 Å². The van der Waals surface area contributed by atoms with Crippen molar-refractivity contribution >= 4 is 21.8 Å². The van der Waals surface area contributed by atoms with Crippen molar-refractivity contribution in [3.05, 3.63) is 0 Å². The molecule has 0 aromatic carbocycles. The smallest absolute Gasteiger partial charge is 0.410 e. The average Bonchev–Trinajstić information content (AvgIpc) is 2.63. The van der Waals surface area contributed by atoms with E-state index < -0.39 is 28.1 Å². The topological polar surface area (TPSA) is 104 Å². The summed E-state index contributed by atoms with van der Waals surface area (Å²) in [4.78, 5) is 26.2. The molecule has 114 valence electrons. The molecular formula is C11H18N2O6S. The lowest BCUT2D eigenvalue weighted by molar-refractivity contribution is -0.139. The zero-order chi connectivity index (χ0) is 14.9. The summed E-state index contributed by atoms with van der Waals surface area (Å²) in [6.07, 6.45) is -1.61. The van der Waals surface area contributed by atoms with Gasteiger partial charge in [0.2, 0.25) is 5.91 Å². The molecule has 2 heterocycles. The van der Waals surface area contributed by atoms with Crippen LogP contribution in [0.3, 0.4) is 0 Å². The standard InChI is InChI=1S/C11H18N2O6S/c1-2-19-11(16)12-3-4-13(10(15)5-12)8-6-20(17,18)7-9(8)14/h8-9,14H,2-7H2,1H3/t8-,9-/m1/s1. The van der Waals surface area contributed by atoms with Crippen LogP contribution in [0.1, 0.15) is 6.92 Å². The van der Waals surface area contributed by atoms with Crippen molar-refractivity contribution < 1.29 is 27.9 Å². The summed E-state index contributed by atoms with van der Waals surface area (Å²) in [5, 5.41) is 9.78. The second-order valence-corrected chi connectivity index (χ2v) is 7.07. The molecule has 0 aromatic rings. The fourth-order valence-corrected chi connectivity index (χ4v) is 4.32. The minimum atomic E-state index is -3.31. The number of ether oxygens (including phenoxy) is 1. The van der Waals surface area contributed by atoms with Crippen molar-refractivity contribution in [2.24, 2.45) is 0 Å². The number of carbonyl (C=O) groups excluding carboxylic acids is 2. The van der Waals surface area contributed by atoms with Gasteiger partial charge in [-0.05, 0) is 6.92 Å².